The van der Waals surface area contributed by atoms with Crippen molar-refractivity contribution in [2.24, 2.45) is 5.73 Å². The zero-order valence-electron chi connectivity index (χ0n) is 17.2. The molecule has 0 bridgehead atoms. The van der Waals surface area contributed by atoms with Crippen molar-refractivity contribution in [3.8, 4) is 11.4 Å². The summed E-state index contributed by atoms with van der Waals surface area (Å²) in [5.74, 6) is -0.906. The number of nitrogens with zero attached hydrogens (tertiary/aromatic N) is 4. The summed E-state index contributed by atoms with van der Waals surface area (Å²) in [5.41, 5.74) is 14.6. The highest BCUT2D eigenvalue weighted by molar-refractivity contribution is 6.07. The lowest BCUT2D eigenvalue weighted by atomic mass is 10.1. The van der Waals surface area contributed by atoms with Gasteiger partial charge in [-0.2, -0.15) is 0 Å². The van der Waals surface area contributed by atoms with Crippen molar-refractivity contribution in [2.75, 3.05) is 29.0 Å². The van der Waals surface area contributed by atoms with Crippen LogP contribution in [0, 0.1) is 12.7 Å². The number of carbonyl (C=O) groups excluding carboxylic acids is 1. The minimum Gasteiger partial charge on any atom is -0.396 e. The highest BCUT2D eigenvalue weighted by Gasteiger charge is 2.22. The van der Waals surface area contributed by atoms with Gasteiger partial charge in [0, 0.05) is 25.3 Å². The second-order valence-corrected chi connectivity index (χ2v) is 7.68. The minimum absolute atomic E-state index is 0.0314. The summed E-state index contributed by atoms with van der Waals surface area (Å²) in [6.07, 6.45) is 6.50. The molecule has 5 N–H and O–H groups in total. The van der Waals surface area contributed by atoms with Gasteiger partial charge in [0.2, 0.25) is 0 Å². The Labute approximate surface area is 179 Å². The van der Waals surface area contributed by atoms with E-state index in [1.807, 2.05) is 13.0 Å². The highest BCUT2D eigenvalue weighted by atomic mass is 19.1. The molecule has 4 rings (SSSR count). The topological polar surface area (TPSA) is 123 Å². The number of nitrogen functional groups attached to an aromatic ring is 1. The number of anilines is 3. The van der Waals surface area contributed by atoms with Crippen LogP contribution in [0.2, 0.25) is 0 Å². The third-order valence-electron chi connectivity index (χ3n) is 5.24. The number of nitrogens with one attached hydrogen (secondary N) is 1. The molecule has 1 amide bonds. The van der Waals surface area contributed by atoms with E-state index in [9.17, 15) is 9.18 Å². The van der Waals surface area contributed by atoms with E-state index in [0.29, 0.717) is 12.2 Å². The monoisotopic (exact) mass is 421 g/mol. The normalized spacial score (nSPS) is 16.2. The molecule has 0 spiro atoms. The second kappa shape index (κ2) is 8.65. The van der Waals surface area contributed by atoms with Gasteiger partial charge in [-0.3, -0.25) is 9.78 Å². The van der Waals surface area contributed by atoms with Gasteiger partial charge in [-0.15, -0.1) is 0 Å². The molecular formula is C22H24FN7O. The van der Waals surface area contributed by atoms with Gasteiger partial charge in [0.15, 0.2) is 11.5 Å². The lowest BCUT2D eigenvalue weighted by molar-refractivity contribution is 0.102. The van der Waals surface area contributed by atoms with Gasteiger partial charge in [-0.05, 0) is 38.0 Å². The molecule has 1 fully saturated rings. The molecule has 31 heavy (non-hydrogen) atoms. The molecule has 9 heteroatoms. The summed E-state index contributed by atoms with van der Waals surface area (Å²) in [7, 11) is 0. The van der Waals surface area contributed by atoms with E-state index in [1.165, 1.54) is 12.3 Å². The molecular weight excluding hydrogens is 397 g/mol. The van der Waals surface area contributed by atoms with Crippen molar-refractivity contribution >= 4 is 23.0 Å². The smallest absolute Gasteiger partial charge is 0.276 e. The number of halogens is 1. The van der Waals surface area contributed by atoms with E-state index >= 15 is 0 Å². The third-order valence-corrected chi connectivity index (χ3v) is 5.24. The molecule has 1 aromatic carbocycles. The van der Waals surface area contributed by atoms with Gasteiger partial charge in [0.25, 0.3) is 5.91 Å². The summed E-state index contributed by atoms with van der Waals surface area (Å²) in [5, 5.41) is 2.84. The number of benzene rings is 1. The molecule has 3 heterocycles. The van der Waals surface area contributed by atoms with Crippen LogP contribution in [0.4, 0.5) is 21.5 Å². The fourth-order valence-corrected chi connectivity index (χ4v) is 3.68. The standard InChI is InChI=1S/C22H24FN7O/c1-13-4-5-16(23)15(9-13)21-27-10-17(25)20(29-21)22(31)28-18-11-26-7-6-19(18)30-8-2-3-14(24)12-30/h4-7,9-11,14H,2-3,8,12,24-25H2,1H3,(H,28,31)/t14-/m0/s1. The first kappa shape index (κ1) is 20.7. The van der Waals surface area contributed by atoms with Crippen LogP contribution in [-0.4, -0.2) is 40.0 Å². The number of carbonyl (C=O) groups is 1. The van der Waals surface area contributed by atoms with E-state index in [1.54, 1.807) is 24.5 Å². The second-order valence-electron chi connectivity index (χ2n) is 7.68. The van der Waals surface area contributed by atoms with Crippen LogP contribution >= 0.6 is 0 Å². The van der Waals surface area contributed by atoms with Gasteiger partial charge in [0.1, 0.15) is 5.82 Å². The number of pyridine rings is 1. The molecule has 0 aliphatic carbocycles. The van der Waals surface area contributed by atoms with Crippen molar-refractivity contribution in [1.82, 2.24) is 15.0 Å². The number of aromatic nitrogens is 3. The maximum absolute atomic E-state index is 14.3. The number of nitrogens with two attached hydrogens (primary N) is 2. The summed E-state index contributed by atoms with van der Waals surface area (Å²) in [6, 6.07) is 6.54. The number of aryl methyl sites for hydroxylation is 1. The number of piperidine rings is 1. The molecule has 3 aromatic rings. The lowest BCUT2D eigenvalue weighted by Gasteiger charge is -2.33. The van der Waals surface area contributed by atoms with Crippen molar-refractivity contribution in [3.05, 3.63) is 59.9 Å². The molecule has 0 radical (unpaired) electrons. The van der Waals surface area contributed by atoms with Crippen LogP contribution in [0.5, 0.6) is 0 Å². The van der Waals surface area contributed by atoms with E-state index in [2.05, 4.69) is 25.2 Å². The van der Waals surface area contributed by atoms with Crippen LogP contribution in [0.3, 0.4) is 0 Å². The molecule has 2 aromatic heterocycles. The number of amides is 1. The van der Waals surface area contributed by atoms with Gasteiger partial charge >= 0.3 is 0 Å². The maximum Gasteiger partial charge on any atom is 0.276 e. The van der Waals surface area contributed by atoms with Crippen LogP contribution in [-0.2, 0) is 0 Å². The Balaban J connectivity index is 1.63. The van der Waals surface area contributed by atoms with Crippen molar-refractivity contribution < 1.29 is 9.18 Å². The predicted octanol–water partition coefficient (Wildman–Crippen LogP) is 2.75. The Morgan fingerprint density at radius 3 is 2.94 bits per heavy atom. The molecule has 8 nitrogen and oxygen atoms in total. The summed E-state index contributed by atoms with van der Waals surface area (Å²) < 4.78 is 14.3. The summed E-state index contributed by atoms with van der Waals surface area (Å²) in [4.78, 5) is 27.6. The largest absolute Gasteiger partial charge is 0.396 e. The van der Waals surface area contributed by atoms with E-state index in [-0.39, 0.29) is 28.8 Å². The zero-order valence-corrected chi connectivity index (χ0v) is 17.2. The maximum atomic E-state index is 14.3. The van der Waals surface area contributed by atoms with Crippen LogP contribution in [0.1, 0.15) is 28.9 Å². The van der Waals surface area contributed by atoms with E-state index < -0.39 is 11.7 Å². The first-order valence-electron chi connectivity index (χ1n) is 10.1. The molecule has 0 unspecified atom stereocenters. The third kappa shape index (κ3) is 4.46. The van der Waals surface area contributed by atoms with Crippen LogP contribution < -0.4 is 21.7 Å². The Morgan fingerprint density at radius 2 is 2.13 bits per heavy atom. The fourth-order valence-electron chi connectivity index (χ4n) is 3.68. The number of hydrogen-bond acceptors (Lipinski definition) is 7. The highest BCUT2D eigenvalue weighted by Crippen LogP contribution is 2.28. The SMILES string of the molecule is Cc1ccc(F)c(-c2ncc(N)c(C(=O)Nc3cnccc3N3CCC[C@H](N)C3)n2)c1. The molecule has 1 atom stereocenters. The summed E-state index contributed by atoms with van der Waals surface area (Å²) >= 11 is 0. The molecule has 0 saturated carbocycles. The molecule has 1 aliphatic rings. The molecule has 1 aliphatic heterocycles. The quantitative estimate of drug-likeness (QED) is 0.592. The Morgan fingerprint density at radius 1 is 1.29 bits per heavy atom. The molecule has 1 saturated heterocycles. The van der Waals surface area contributed by atoms with Crippen molar-refractivity contribution in [1.29, 1.82) is 0 Å². The average Bonchev–Trinajstić information content (AvgIpc) is 2.76. The molecule has 160 valence electrons. The lowest BCUT2D eigenvalue weighted by Crippen LogP contribution is -2.43. The van der Waals surface area contributed by atoms with E-state index in [4.69, 9.17) is 11.5 Å². The van der Waals surface area contributed by atoms with Crippen LogP contribution in [0.15, 0.2) is 42.9 Å². The van der Waals surface area contributed by atoms with Gasteiger partial charge in [-0.1, -0.05) is 11.6 Å². The average molecular weight is 421 g/mol. The van der Waals surface area contributed by atoms with E-state index in [0.717, 1.165) is 30.6 Å². The summed E-state index contributed by atoms with van der Waals surface area (Å²) in [6.45, 7) is 3.37. The van der Waals surface area contributed by atoms with Gasteiger partial charge < -0.3 is 21.7 Å². The van der Waals surface area contributed by atoms with Crippen molar-refractivity contribution in [3.63, 3.8) is 0 Å². The number of rotatable bonds is 4. The first-order valence-corrected chi connectivity index (χ1v) is 10.1. The van der Waals surface area contributed by atoms with Crippen LogP contribution in [0.25, 0.3) is 11.4 Å². The Hall–Kier alpha value is -3.59. The first-order chi connectivity index (χ1) is 14.9. The van der Waals surface area contributed by atoms with Gasteiger partial charge in [0.05, 0.1) is 35.0 Å². The number of hydrogen-bond donors (Lipinski definition) is 3. The zero-order chi connectivity index (χ0) is 22.0. The minimum atomic E-state index is -0.523. The Kier molecular flexibility index (Phi) is 5.77. The van der Waals surface area contributed by atoms with Crippen molar-refractivity contribution in [2.45, 2.75) is 25.8 Å². The van der Waals surface area contributed by atoms with Gasteiger partial charge in [-0.25, -0.2) is 14.4 Å². The fraction of sp³-hybridized carbons (Fsp3) is 0.273. The Bertz CT molecular complexity index is 1120. The predicted molar refractivity (Wildman–Crippen MR) is 118 cm³/mol.